The molecule has 9 nitrogen and oxygen atoms in total. The molecule has 0 amide bonds. The number of ether oxygens (including phenoxy) is 4. The van der Waals surface area contributed by atoms with Gasteiger partial charge in [0.05, 0.1) is 35.7 Å². The third-order valence-corrected chi connectivity index (χ3v) is 7.78. The van der Waals surface area contributed by atoms with Crippen molar-refractivity contribution < 1.29 is 23.7 Å². The molecule has 0 aliphatic rings. The van der Waals surface area contributed by atoms with Crippen molar-refractivity contribution >= 4 is 29.0 Å². The van der Waals surface area contributed by atoms with E-state index < -0.39 is 0 Å². The number of aromatic nitrogens is 4. The largest absolute Gasteiger partial charge is 0.497 e. The molecule has 0 aliphatic heterocycles. The number of rotatable bonds is 10. The fourth-order valence-corrected chi connectivity index (χ4v) is 5.20. The molecule has 0 unspecified atom stereocenters. The third kappa shape index (κ3) is 6.42. The Morgan fingerprint density at radius 2 is 0.957 bits per heavy atom. The lowest BCUT2D eigenvalue weighted by atomic mass is 10.1. The van der Waals surface area contributed by atoms with Crippen molar-refractivity contribution in [3.8, 4) is 57.0 Å². The first kappa shape index (κ1) is 30.8. The number of ketones is 1. The van der Waals surface area contributed by atoms with E-state index in [1.807, 2.05) is 12.1 Å². The van der Waals surface area contributed by atoms with E-state index >= 15 is 0 Å². The van der Waals surface area contributed by atoms with Crippen LogP contribution in [0.2, 0.25) is 10.0 Å². The monoisotopic (exact) mass is 654 g/mol. The minimum absolute atomic E-state index is 0.228. The molecule has 0 saturated carbocycles. The lowest BCUT2D eigenvalue weighted by Crippen LogP contribution is -2.13. The van der Waals surface area contributed by atoms with Gasteiger partial charge in [0.15, 0.2) is 11.6 Å². The Hall–Kier alpha value is -5.25. The molecule has 6 aromatic rings. The summed E-state index contributed by atoms with van der Waals surface area (Å²) >= 11 is 13.1. The van der Waals surface area contributed by atoms with Crippen LogP contribution in [0.25, 0.3) is 22.5 Å². The van der Waals surface area contributed by atoms with Crippen molar-refractivity contribution in [3.05, 3.63) is 119 Å². The van der Waals surface area contributed by atoms with Crippen molar-refractivity contribution in [2.75, 3.05) is 14.2 Å². The van der Waals surface area contributed by atoms with E-state index in [1.54, 1.807) is 123 Å². The summed E-state index contributed by atoms with van der Waals surface area (Å²) in [5.41, 5.74) is 2.62. The second-order valence-electron chi connectivity index (χ2n) is 10.3. The Labute approximate surface area is 275 Å². The molecule has 2 heterocycles. The summed E-state index contributed by atoms with van der Waals surface area (Å²) in [5.74, 6) is 3.80. The molecule has 0 N–H and O–H groups in total. The fraction of sp³-hybridized carbons (Fsp3) is 0.114. The van der Waals surface area contributed by atoms with Gasteiger partial charge in [0.1, 0.15) is 34.5 Å². The lowest BCUT2D eigenvalue weighted by Gasteiger charge is -2.09. The number of imidazole rings is 2. The predicted molar refractivity (Wildman–Crippen MR) is 177 cm³/mol. The average molecular weight is 656 g/mol. The molecule has 0 spiro atoms. The quantitative estimate of drug-likeness (QED) is 0.137. The van der Waals surface area contributed by atoms with Gasteiger partial charge in [-0.15, -0.1) is 0 Å². The second-order valence-corrected chi connectivity index (χ2v) is 11.1. The van der Waals surface area contributed by atoms with Crippen LogP contribution in [0.4, 0.5) is 0 Å². The molecule has 0 radical (unpaired) electrons. The topological polar surface area (TPSA) is 89.6 Å². The highest BCUT2D eigenvalue weighted by Gasteiger charge is 2.23. The number of benzene rings is 4. The van der Waals surface area contributed by atoms with Crippen LogP contribution in [0.15, 0.2) is 97.3 Å². The first-order valence-corrected chi connectivity index (χ1v) is 14.8. The molecule has 0 aliphatic carbocycles. The van der Waals surface area contributed by atoms with E-state index in [1.165, 1.54) is 0 Å². The molecular formula is C35H28Cl2N4O5. The number of carbonyl (C=O) groups is 1. The number of hydrogen-bond donors (Lipinski definition) is 0. The van der Waals surface area contributed by atoms with Gasteiger partial charge in [0.25, 0.3) is 5.78 Å². The predicted octanol–water partition coefficient (Wildman–Crippen LogP) is 8.63. The van der Waals surface area contributed by atoms with Gasteiger partial charge in [-0.25, -0.2) is 9.97 Å². The highest BCUT2D eigenvalue weighted by molar-refractivity contribution is 6.32. The zero-order valence-corrected chi connectivity index (χ0v) is 26.8. The van der Waals surface area contributed by atoms with Gasteiger partial charge >= 0.3 is 0 Å². The molecule has 232 valence electrons. The van der Waals surface area contributed by atoms with Crippen LogP contribution >= 0.6 is 23.2 Å². The number of nitrogens with zero attached hydrogens (tertiary/aromatic N) is 4. The molecule has 0 fully saturated rings. The van der Waals surface area contributed by atoms with E-state index in [4.69, 9.17) is 42.1 Å². The van der Waals surface area contributed by atoms with E-state index in [2.05, 4.69) is 9.97 Å². The summed E-state index contributed by atoms with van der Waals surface area (Å²) in [5, 5.41) is 0.805. The van der Waals surface area contributed by atoms with Gasteiger partial charge in [0, 0.05) is 37.6 Å². The van der Waals surface area contributed by atoms with Crippen molar-refractivity contribution in [1.82, 2.24) is 19.1 Å². The Morgan fingerprint density at radius 3 is 1.30 bits per heavy atom. The van der Waals surface area contributed by atoms with Gasteiger partial charge in [-0.1, -0.05) is 23.2 Å². The van der Waals surface area contributed by atoms with Crippen molar-refractivity contribution in [2.45, 2.75) is 0 Å². The van der Waals surface area contributed by atoms with Gasteiger partial charge in [-0.3, -0.25) is 4.79 Å². The molecule has 11 heteroatoms. The highest BCUT2D eigenvalue weighted by Crippen LogP contribution is 2.35. The number of methoxy groups -OCH3 is 2. The van der Waals surface area contributed by atoms with E-state index in [9.17, 15) is 4.79 Å². The summed E-state index contributed by atoms with van der Waals surface area (Å²) in [6.45, 7) is 0. The second kappa shape index (κ2) is 13.0. The van der Waals surface area contributed by atoms with Crippen LogP contribution in [0.5, 0.6) is 34.5 Å². The van der Waals surface area contributed by atoms with Crippen LogP contribution in [0.3, 0.4) is 0 Å². The molecule has 0 bridgehead atoms. The maximum Gasteiger partial charge on any atom is 0.263 e. The summed E-state index contributed by atoms with van der Waals surface area (Å²) in [6.07, 6.45) is 3.54. The fourth-order valence-electron chi connectivity index (χ4n) is 4.76. The molecule has 0 saturated heterocycles. The van der Waals surface area contributed by atoms with Crippen LogP contribution in [0.1, 0.15) is 16.4 Å². The number of halogens is 2. The Balaban J connectivity index is 1.19. The van der Waals surface area contributed by atoms with Gasteiger partial charge in [-0.2, -0.15) is 0 Å². The third-order valence-electron chi connectivity index (χ3n) is 7.19. The average Bonchev–Trinajstić information content (AvgIpc) is 3.65. The molecule has 4 aromatic carbocycles. The first-order chi connectivity index (χ1) is 22.2. The summed E-state index contributed by atoms with van der Waals surface area (Å²) in [4.78, 5) is 22.9. The van der Waals surface area contributed by atoms with Crippen molar-refractivity contribution in [2.24, 2.45) is 14.1 Å². The molecule has 46 heavy (non-hydrogen) atoms. The Kier molecular flexibility index (Phi) is 8.70. The molecular weight excluding hydrogens is 627 g/mol. The molecule has 6 rings (SSSR count). The first-order valence-electron chi connectivity index (χ1n) is 14.1. The van der Waals surface area contributed by atoms with Crippen LogP contribution in [-0.4, -0.2) is 39.1 Å². The minimum atomic E-state index is -0.335. The zero-order valence-electron chi connectivity index (χ0n) is 25.3. The summed E-state index contributed by atoms with van der Waals surface area (Å²) in [7, 11) is 6.73. The minimum Gasteiger partial charge on any atom is -0.497 e. The lowest BCUT2D eigenvalue weighted by molar-refractivity contribution is 0.101. The SMILES string of the molecule is COc1ccc(Oc2ccc(-c3cn(C)c(C(=O)c4nc(-c5ccc(Oc6ccc(OC)cc6)c(Cl)c5)cn4C)n3)cc2Cl)cc1. The van der Waals surface area contributed by atoms with E-state index in [0.717, 1.165) is 22.6 Å². The van der Waals surface area contributed by atoms with E-state index in [-0.39, 0.29) is 17.4 Å². The zero-order chi connectivity index (χ0) is 32.4. The van der Waals surface area contributed by atoms with Crippen LogP contribution in [-0.2, 0) is 14.1 Å². The summed E-state index contributed by atoms with van der Waals surface area (Å²) in [6, 6.07) is 25.1. The molecule has 2 aromatic heterocycles. The maximum atomic E-state index is 13.6. The van der Waals surface area contributed by atoms with E-state index in [0.29, 0.717) is 44.4 Å². The maximum absolute atomic E-state index is 13.6. The standard InChI is InChI=1S/C35H28Cl2N4O5/c1-40-19-29(21-5-15-31(27(36)17-21)45-25-11-7-23(43-3)8-12-25)38-34(40)33(42)35-39-30(20-41(35)2)22-6-16-32(28(37)18-22)46-26-13-9-24(44-4)10-14-26/h5-20H,1-4H3. The Bertz CT molecular complexity index is 1890. The highest BCUT2D eigenvalue weighted by atomic mass is 35.5. The number of carbonyl (C=O) groups excluding carboxylic acids is 1. The van der Waals surface area contributed by atoms with Gasteiger partial charge < -0.3 is 28.1 Å². The van der Waals surface area contributed by atoms with Crippen LogP contribution < -0.4 is 18.9 Å². The number of hydrogen-bond acceptors (Lipinski definition) is 7. The van der Waals surface area contributed by atoms with Gasteiger partial charge in [-0.05, 0) is 84.9 Å². The smallest absolute Gasteiger partial charge is 0.263 e. The summed E-state index contributed by atoms with van der Waals surface area (Å²) < 4.78 is 25.6. The van der Waals surface area contributed by atoms with Crippen molar-refractivity contribution in [1.29, 1.82) is 0 Å². The normalized spacial score (nSPS) is 10.9. The van der Waals surface area contributed by atoms with Crippen molar-refractivity contribution in [3.63, 3.8) is 0 Å². The number of aryl methyl sites for hydroxylation is 2. The molecule has 0 atom stereocenters. The van der Waals surface area contributed by atoms with Crippen LogP contribution in [0, 0.1) is 0 Å². The Morgan fingerprint density at radius 1 is 0.587 bits per heavy atom. The van der Waals surface area contributed by atoms with Gasteiger partial charge in [0.2, 0.25) is 0 Å².